The summed E-state index contributed by atoms with van der Waals surface area (Å²) < 4.78 is 74.5. The number of halogens is 7. The van der Waals surface area contributed by atoms with Crippen LogP contribution < -0.4 is 10.2 Å². The van der Waals surface area contributed by atoms with Gasteiger partial charge in [0.2, 0.25) is 0 Å². The molecule has 2 aromatic rings. The van der Waals surface area contributed by atoms with Crippen LogP contribution in [0.5, 0.6) is 0 Å². The van der Waals surface area contributed by atoms with E-state index < -0.39 is 24.3 Å². The molecule has 1 unspecified atom stereocenters. The molecule has 218 valence electrons. The number of nitrogens with zero attached hydrogens (tertiary/aromatic N) is 5. The van der Waals surface area contributed by atoms with Crippen LogP contribution in [-0.4, -0.2) is 46.2 Å². The first kappa shape index (κ1) is 32.6. The average Bonchev–Trinajstić information content (AvgIpc) is 3.46. The van der Waals surface area contributed by atoms with E-state index >= 15 is 0 Å². The smallest absolute Gasteiger partial charge is 0.384 e. The zero-order chi connectivity index (χ0) is 29.4. The average molecular weight is 627 g/mol. The highest BCUT2D eigenvalue weighted by Crippen LogP contribution is 2.43. The lowest BCUT2D eigenvalue weighted by atomic mass is 9.96. The highest BCUT2D eigenvalue weighted by Gasteiger charge is 2.30. The fourth-order valence-corrected chi connectivity index (χ4v) is 4.53. The first-order valence-electron chi connectivity index (χ1n) is 12.2. The third-order valence-corrected chi connectivity index (χ3v) is 6.93. The minimum absolute atomic E-state index is 0.214. The van der Waals surface area contributed by atoms with Gasteiger partial charge in [0.1, 0.15) is 0 Å². The van der Waals surface area contributed by atoms with E-state index in [-0.39, 0.29) is 6.04 Å². The van der Waals surface area contributed by atoms with Crippen LogP contribution in [-0.2, 0) is 25.0 Å². The van der Waals surface area contributed by atoms with E-state index in [0.29, 0.717) is 19.2 Å². The van der Waals surface area contributed by atoms with Crippen molar-refractivity contribution in [2.75, 3.05) is 23.8 Å². The maximum Gasteiger partial charge on any atom is 0.412 e. The number of tetrazole rings is 1. The number of allylic oxidation sites excluding steroid dienone is 4. The van der Waals surface area contributed by atoms with Gasteiger partial charge in [-0.25, -0.2) is 0 Å². The van der Waals surface area contributed by atoms with Crippen LogP contribution in [0.3, 0.4) is 0 Å². The summed E-state index contributed by atoms with van der Waals surface area (Å²) in [6, 6.07) is 2.49. The lowest BCUT2D eigenvalue weighted by molar-refractivity contribution is -0.125. The molecule has 1 aromatic carbocycles. The Morgan fingerprint density at radius 2 is 1.92 bits per heavy atom. The third kappa shape index (κ3) is 9.52. The van der Waals surface area contributed by atoms with Gasteiger partial charge in [-0.05, 0) is 77.5 Å². The Morgan fingerprint density at radius 1 is 1.23 bits per heavy atom. The maximum absolute atomic E-state index is 11.4. The van der Waals surface area contributed by atoms with Crippen molar-refractivity contribution in [3.63, 3.8) is 0 Å². The van der Waals surface area contributed by atoms with Gasteiger partial charge in [0.15, 0.2) is 0 Å². The zero-order valence-corrected chi connectivity index (χ0v) is 24.0. The molecule has 2 aliphatic heterocycles. The number of benzene rings is 1. The van der Waals surface area contributed by atoms with Crippen molar-refractivity contribution >= 4 is 27.6 Å². The summed E-state index contributed by atoms with van der Waals surface area (Å²) in [5.41, 5.74) is 4.43. The molecule has 0 spiro atoms. The molecule has 0 fully saturated rings. The number of fused-ring (bicyclic) bond motifs is 2. The van der Waals surface area contributed by atoms with Crippen molar-refractivity contribution in [1.29, 1.82) is 0 Å². The van der Waals surface area contributed by atoms with E-state index in [2.05, 4.69) is 47.6 Å². The maximum atomic E-state index is 11.4. The van der Waals surface area contributed by atoms with Gasteiger partial charge in [0.05, 0.1) is 38.4 Å². The van der Waals surface area contributed by atoms with E-state index in [4.69, 9.17) is 4.74 Å². The molecule has 0 amide bonds. The molecule has 1 aromatic heterocycles. The number of anilines is 2. The largest absolute Gasteiger partial charge is 0.412 e. The molecule has 1 N–H and O–H groups in total. The number of aromatic nitrogens is 4. The molecule has 0 saturated heterocycles. The number of rotatable bonds is 3. The predicted molar refractivity (Wildman–Crippen MR) is 141 cm³/mol. The highest BCUT2D eigenvalue weighted by molar-refractivity contribution is 9.10. The van der Waals surface area contributed by atoms with Crippen molar-refractivity contribution in [3.05, 3.63) is 51.0 Å². The van der Waals surface area contributed by atoms with Gasteiger partial charge < -0.3 is 15.0 Å². The quantitative estimate of drug-likeness (QED) is 0.282. The van der Waals surface area contributed by atoms with E-state index in [0.717, 1.165) is 42.9 Å². The van der Waals surface area contributed by atoms with Crippen molar-refractivity contribution in [3.8, 4) is 0 Å². The van der Waals surface area contributed by atoms with Crippen LogP contribution in [0.15, 0.2) is 34.3 Å². The Balaban J connectivity index is 0.000000277. The summed E-state index contributed by atoms with van der Waals surface area (Å²) in [4.78, 5) is 3.61. The fraction of sp³-hybridized carbons (Fsp3) is 0.560. The summed E-state index contributed by atoms with van der Waals surface area (Å²) in [5.74, 6) is 0.651. The van der Waals surface area contributed by atoms with Gasteiger partial charge in [-0.2, -0.15) is 31.1 Å². The molecule has 7 nitrogen and oxygen atoms in total. The number of alkyl halides is 6. The molecular formula is C25H33BrF6N6O. The predicted octanol–water partition coefficient (Wildman–Crippen LogP) is 7.42. The summed E-state index contributed by atoms with van der Waals surface area (Å²) >= 11 is 3.78. The lowest BCUT2D eigenvalue weighted by Crippen LogP contribution is -2.25. The Morgan fingerprint density at radius 3 is 2.41 bits per heavy atom. The molecule has 2 aliphatic rings. The second-order valence-electron chi connectivity index (χ2n) is 8.92. The van der Waals surface area contributed by atoms with Crippen LogP contribution in [0.2, 0.25) is 0 Å². The van der Waals surface area contributed by atoms with Gasteiger partial charge in [-0.1, -0.05) is 23.3 Å². The SMILES string of the molecule is C/C=C(\C)C(F)(F)F.C/C=C/CC(F)(F)F.CN(c1nnn(C)n1)C1CCCNc2c1cc1c(c2Br)COC1. The molecule has 39 heavy (non-hydrogen) atoms. The Kier molecular flexibility index (Phi) is 11.8. The molecule has 0 radical (unpaired) electrons. The molecule has 1 atom stereocenters. The third-order valence-electron chi connectivity index (χ3n) is 6.06. The molecule has 0 saturated carbocycles. The summed E-state index contributed by atoms with van der Waals surface area (Å²) in [6.45, 7) is 6.29. The van der Waals surface area contributed by atoms with Crippen molar-refractivity contribution < 1.29 is 31.1 Å². The van der Waals surface area contributed by atoms with Gasteiger partial charge in [0, 0.05) is 23.6 Å². The van der Waals surface area contributed by atoms with Crippen molar-refractivity contribution in [1.82, 2.24) is 20.2 Å². The molecule has 0 bridgehead atoms. The topological polar surface area (TPSA) is 68.1 Å². The highest BCUT2D eigenvalue weighted by atomic mass is 79.9. The first-order chi connectivity index (χ1) is 18.2. The molecule has 4 rings (SSSR count). The van der Waals surface area contributed by atoms with Crippen LogP contribution in [0.4, 0.5) is 38.0 Å². The second kappa shape index (κ2) is 14.1. The minimum Gasteiger partial charge on any atom is -0.384 e. The number of hydrogen-bond donors (Lipinski definition) is 1. The summed E-state index contributed by atoms with van der Waals surface area (Å²) in [5, 5.41) is 16.0. The normalized spacial score (nSPS) is 17.2. The van der Waals surface area contributed by atoms with Crippen molar-refractivity contribution in [2.24, 2.45) is 7.05 Å². The molecule has 14 heteroatoms. The van der Waals surface area contributed by atoms with E-state index in [9.17, 15) is 26.3 Å². The molecule has 3 heterocycles. The van der Waals surface area contributed by atoms with Gasteiger partial charge in [0.25, 0.3) is 5.95 Å². The van der Waals surface area contributed by atoms with E-state index in [1.165, 1.54) is 40.2 Å². The first-order valence-corrected chi connectivity index (χ1v) is 13.0. The molecule has 0 aliphatic carbocycles. The van der Waals surface area contributed by atoms with Crippen LogP contribution in [0, 0.1) is 0 Å². The number of aryl methyl sites for hydroxylation is 1. The number of nitrogens with one attached hydrogen (secondary N) is 1. The van der Waals surface area contributed by atoms with Crippen molar-refractivity contribution in [2.45, 2.75) is 71.6 Å². The Bertz CT molecular complexity index is 1150. The summed E-state index contributed by atoms with van der Waals surface area (Å²) in [6.07, 6.45) is -3.34. The number of ether oxygens (including phenoxy) is 1. The standard InChI is InChI=1S/C15H19BrN6O.2C5H7F3/c1-21(15-18-20-22(2)19-15)12-4-3-5-17-14-10(12)6-9-7-23-8-11(9)13(14)16;1-3-4(2)5(6,7)8;1-2-3-4-5(6,7)8/h6,12,17H,3-5,7-8H2,1-2H3;3H,1-2H3;2-3H,4H2,1H3/b;4-3+;3-2+. The van der Waals surface area contributed by atoms with E-state index in [1.54, 1.807) is 14.0 Å². The van der Waals surface area contributed by atoms with Crippen LogP contribution >= 0.6 is 15.9 Å². The minimum atomic E-state index is -4.13. The summed E-state index contributed by atoms with van der Waals surface area (Å²) in [7, 11) is 3.82. The van der Waals surface area contributed by atoms with Crippen LogP contribution in [0.25, 0.3) is 0 Å². The monoisotopic (exact) mass is 626 g/mol. The second-order valence-corrected chi connectivity index (χ2v) is 9.71. The van der Waals surface area contributed by atoms with E-state index in [1.807, 2.05) is 7.05 Å². The number of hydrogen-bond acceptors (Lipinski definition) is 6. The zero-order valence-electron chi connectivity index (χ0n) is 22.4. The van der Waals surface area contributed by atoms with Crippen LogP contribution in [0.1, 0.15) is 62.8 Å². The van der Waals surface area contributed by atoms with Gasteiger partial charge >= 0.3 is 12.4 Å². The van der Waals surface area contributed by atoms with Gasteiger partial charge in [-0.15, -0.1) is 5.10 Å². The fourth-order valence-electron chi connectivity index (χ4n) is 3.79. The Hall–Kier alpha value is -2.61. The molecular weight excluding hydrogens is 594 g/mol. The Labute approximate surface area is 232 Å². The van der Waals surface area contributed by atoms with Gasteiger partial charge in [-0.3, -0.25) is 0 Å². The lowest BCUT2D eigenvalue weighted by Gasteiger charge is -2.28.